The number of ether oxygens (including phenoxy) is 1. The van der Waals surface area contributed by atoms with Crippen LogP contribution in [0.25, 0.3) is 10.9 Å². The predicted molar refractivity (Wildman–Crippen MR) is 82.5 cm³/mol. The van der Waals surface area contributed by atoms with Crippen molar-refractivity contribution in [2.75, 3.05) is 27.1 Å². The Kier molecular flexibility index (Phi) is 1.55. The van der Waals surface area contributed by atoms with E-state index >= 15 is 0 Å². The fourth-order valence-electron chi connectivity index (χ4n) is 1.95. The summed E-state index contributed by atoms with van der Waals surface area (Å²) in [6.07, 6.45) is -7.24. The molecular formula is C16H21N3O2. The molecule has 0 saturated carbocycles. The number of nitrogens with one attached hydrogen (secondary N) is 2. The molecule has 5 nitrogen and oxygen atoms in total. The van der Waals surface area contributed by atoms with Crippen LogP contribution in [0.5, 0.6) is 0 Å². The van der Waals surface area contributed by atoms with Gasteiger partial charge < -0.3 is 19.9 Å². The first-order valence-electron chi connectivity index (χ1n) is 12.1. The summed E-state index contributed by atoms with van der Waals surface area (Å²) in [6.45, 7) is -6.56. The highest BCUT2D eigenvalue weighted by Crippen LogP contribution is 2.21. The first kappa shape index (κ1) is 5.65. The standard InChI is InChI=1S/C16H21N3O2/c1-19(2)6-5-12-9-17-15-4-3-11(8-14(12)15)7-13-10-21-16(20)18-13/h3-4,8-9,13,17H,5-7,10H2,1-2H3,(H,18,20)/t13-/m0/s1/i1D3,5D2,6D2,7D2,9D/hD2. The van der Waals surface area contributed by atoms with Gasteiger partial charge in [-0.05, 0) is 50.0 Å². The zero-order valence-corrected chi connectivity index (χ0v) is 11.2. The molecule has 1 fully saturated rings. The Balaban J connectivity index is 2.21. The maximum atomic E-state index is 11.5. The van der Waals surface area contributed by atoms with E-state index in [1.807, 2.05) is 0 Å². The van der Waals surface area contributed by atoms with E-state index in [9.17, 15) is 4.79 Å². The monoisotopic (exact) mass is 299 g/mol. The smallest absolute Gasteiger partial charge is 0.407 e. The number of carbonyl (C=O) groups is 1. The van der Waals surface area contributed by atoms with Crippen LogP contribution in [0.15, 0.2) is 24.4 Å². The number of amides is 1. The zero-order chi connectivity index (χ0) is 25.3. The van der Waals surface area contributed by atoms with Crippen molar-refractivity contribution in [3.05, 3.63) is 35.5 Å². The second-order valence-electron chi connectivity index (χ2n) is 4.49. The number of hydrogen-bond acceptors (Lipinski definition) is 3. The summed E-state index contributed by atoms with van der Waals surface area (Å²) in [4.78, 5) is 12.3. The fourth-order valence-corrected chi connectivity index (χ4v) is 1.95. The number of aromatic nitrogens is 1. The van der Waals surface area contributed by atoms with Crippen LogP contribution in [0.2, 0.25) is 2.82 Å². The van der Waals surface area contributed by atoms with Gasteiger partial charge in [0.1, 0.15) is 6.61 Å². The zero-order valence-electron chi connectivity index (χ0n) is 23.2. The van der Waals surface area contributed by atoms with Gasteiger partial charge in [0.25, 0.3) is 0 Å². The molecule has 2 aromatic rings. The van der Waals surface area contributed by atoms with Crippen molar-refractivity contribution in [3.63, 3.8) is 0 Å². The van der Waals surface area contributed by atoms with E-state index in [0.29, 0.717) is 10.3 Å². The van der Waals surface area contributed by atoms with Crippen molar-refractivity contribution < 1.29 is 26.1 Å². The fraction of sp³-hybridized carbons (Fsp3) is 0.438. The molecule has 0 unspecified atom stereocenters. The topological polar surface area (TPSA) is 57.4 Å². The van der Waals surface area contributed by atoms with Crippen LogP contribution in [0.3, 0.4) is 0 Å². The van der Waals surface area contributed by atoms with Crippen LogP contribution >= 0.6 is 0 Å². The molecule has 0 bridgehead atoms. The number of rotatable bonds is 5. The van der Waals surface area contributed by atoms with Crippen LogP contribution in [-0.2, 0) is 17.5 Å². The minimum absolute atomic E-state index is 0.0350. The molecule has 5 heteroatoms. The summed E-state index contributed by atoms with van der Waals surface area (Å²) in [5.41, 5.74) is -0.789. The number of carbonyl (C=O) groups excluding carboxylic acids is 1. The lowest BCUT2D eigenvalue weighted by Gasteiger charge is -2.09. The summed E-state index contributed by atoms with van der Waals surface area (Å²) < 4.78 is 101. The number of aromatic amines is 1. The molecular weight excluding hydrogens is 266 g/mol. The molecule has 112 valence electrons. The Labute approximate surface area is 141 Å². The van der Waals surface area contributed by atoms with Gasteiger partial charge in [-0.15, -0.1) is 0 Å². The third-order valence-electron chi connectivity index (χ3n) is 2.86. The number of H-pyrrole nitrogens is 1. The van der Waals surface area contributed by atoms with Gasteiger partial charge in [-0.3, -0.25) is 0 Å². The Morgan fingerprint density at radius 3 is 3.33 bits per heavy atom. The van der Waals surface area contributed by atoms with E-state index in [1.54, 1.807) is 0 Å². The maximum absolute atomic E-state index is 11.5. The Morgan fingerprint density at radius 1 is 1.67 bits per heavy atom. The number of fused-ring (bicyclic) bond motifs is 1. The van der Waals surface area contributed by atoms with E-state index in [2.05, 4.69) is 0 Å². The molecule has 1 atom stereocenters. The summed E-state index contributed by atoms with van der Waals surface area (Å²) in [5.74, 6) is 0. The number of likely N-dealkylation sites (N-methyl/N-ethyl adjacent to an activating group) is 1. The minimum atomic E-state index is -3.15. The van der Waals surface area contributed by atoms with Crippen molar-refractivity contribution in [2.45, 2.75) is 18.8 Å². The number of nitrogens with zero attached hydrogens (tertiary/aromatic N) is 1. The number of hydrogen-bond donors (Lipinski definition) is 2. The molecule has 1 saturated heterocycles. The molecule has 1 aromatic heterocycles. The molecule has 1 aliphatic rings. The lowest BCUT2D eigenvalue weighted by molar-refractivity contribution is 0.177. The van der Waals surface area contributed by atoms with Crippen LogP contribution in [0, 0.1) is 0 Å². The summed E-state index contributed by atoms with van der Waals surface area (Å²) in [6, 6.07) is 2.28. The van der Waals surface area contributed by atoms with E-state index in [-0.39, 0.29) is 21.4 Å². The second kappa shape index (κ2) is 5.77. The van der Waals surface area contributed by atoms with Crippen molar-refractivity contribution in [1.82, 2.24) is 15.2 Å². The van der Waals surface area contributed by atoms with E-state index in [1.165, 1.54) is 12.1 Å². The molecule has 0 radical (unpaired) electrons. The van der Waals surface area contributed by atoms with Gasteiger partial charge >= 0.3 is 6.09 Å². The Bertz CT molecular complexity index is 1100. The lowest BCUT2D eigenvalue weighted by atomic mass is 10.0. The Hall–Kier alpha value is -2.01. The SMILES string of the molecule is [2H]c1c(C([2H])([2H])C([2H])([2H])N(C)C([2H])([2H])[2H])c2cc(C([2H])([2H])[C@H]3COC(=O)N3[2H])ccc2n1[2H]. The van der Waals surface area contributed by atoms with Crippen LogP contribution in [-0.4, -0.2) is 49.1 Å². The average Bonchev–Trinajstić information content (AvgIpc) is 3.17. The highest BCUT2D eigenvalue weighted by molar-refractivity contribution is 5.84. The molecule has 0 spiro atoms. The molecule has 2 N–H and O–H groups in total. The summed E-state index contributed by atoms with van der Waals surface area (Å²) in [7, 11) is 0.873. The first-order valence-corrected chi connectivity index (χ1v) is 6.21. The summed E-state index contributed by atoms with van der Waals surface area (Å²) in [5, 5.41) is 0.172. The second-order valence-corrected chi connectivity index (χ2v) is 4.49. The third-order valence-corrected chi connectivity index (χ3v) is 2.86. The molecule has 1 aromatic carbocycles. The molecule has 21 heavy (non-hydrogen) atoms. The van der Waals surface area contributed by atoms with Crippen molar-refractivity contribution in [3.8, 4) is 0 Å². The van der Waals surface area contributed by atoms with E-state index < -0.39 is 56.7 Å². The van der Waals surface area contributed by atoms with Crippen LogP contribution < -0.4 is 5.31 Å². The predicted octanol–water partition coefficient (Wildman–Crippen LogP) is 1.92. The third kappa shape index (κ3) is 3.19. The largest absolute Gasteiger partial charge is 0.447 e. The quantitative estimate of drug-likeness (QED) is 0.887. The van der Waals surface area contributed by atoms with Crippen molar-refractivity contribution >= 4 is 17.0 Å². The van der Waals surface area contributed by atoms with Gasteiger partial charge in [0.2, 0.25) is 0 Å². The van der Waals surface area contributed by atoms with Crippen molar-refractivity contribution in [2.24, 2.45) is 0 Å². The van der Waals surface area contributed by atoms with Crippen LogP contribution in [0.1, 0.15) is 24.8 Å². The molecule has 1 aliphatic heterocycles. The molecule has 1 amide bonds. The number of benzene rings is 1. The molecule has 2 heterocycles. The molecule has 3 rings (SSSR count). The average molecular weight is 299 g/mol. The number of cyclic esters (lactones) is 1. The lowest BCUT2D eigenvalue weighted by Crippen LogP contribution is -2.28. The van der Waals surface area contributed by atoms with E-state index in [0.717, 1.165) is 13.1 Å². The minimum Gasteiger partial charge on any atom is -0.447 e. The normalized spacial score (nSPS) is 29.7. The van der Waals surface area contributed by atoms with E-state index in [4.69, 9.17) is 21.3 Å². The van der Waals surface area contributed by atoms with Crippen LogP contribution in [0.4, 0.5) is 4.79 Å². The summed E-state index contributed by atoms with van der Waals surface area (Å²) >= 11 is 0. The van der Waals surface area contributed by atoms with Gasteiger partial charge in [-0.25, -0.2) is 4.79 Å². The highest BCUT2D eigenvalue weighted by Gasteiger charge is 2.22. The Morgan fingerprint density at radius 2 is 2.57 bits per heavy atom. The van der Waals surface area contributed by atoms with Crippen molar-refractivity contribution in [1.29, 1.82) is 0 Å². The number of aryl methyl sites for hydroxylation is 1. The number of alkyl carbamates (subject to hydrolysis) is 1. The maximum Gasteiger partial charge on any atom is 0.407 e. The van der Waals surface area contributed by atoms with Gasteiger partial charge in [0.15, 0.2) is 2.82 Å². The first-order chi connectivity index (χ1) is 14.9. The van der Waals surface area contributed by atoms with Gasteiger partial charge in [-0.1, -0.05) is 6.07 Å². The highest BCUT2D eigenvalue weighted by atomic mass is 16.6. The molecule has 0 aliphatic carbocycles. The van der Waals surface area contributed by atoms with Gasteiger partial charge in [-0.2, -0.15) is 0 Å². The van der Waals surface area contributed by atoms with Gasteiger partial charge in [0, 0.05) is 35.9 Å². The van der Waals surface area contributed by atoms with Gasteiger partial charge in [0.05, 0.1) is 7.41 Å².